The van der Waals surface area contributed by atoms with E-state index in [0.29, 0.717) is 25.0 Å². The average molecular weight is 623 g/mol. The number of allylic oxidation sites excluding steroid dienone is 1. The van der Waals surface area contributed by atoms with E-state index in [1.54, 1.807) is 0 Å². The fraction of sp³-hybridized carbons (Fsp3) is 0.895. The summed E-state index contributed by atoms with van der Waals surface area (Å²) < 4.78 is 16.3. The van der Waals surface area contributed by atoms with Crippen molar-refractivity contribution in [2.75, 3.05) is 13.2 Å². The Kier molecular flexibility index (Phi) is 27.9. The number of epoxide rings is 1. The molecule has 0 aromatic carbocycles. The van der Waals surface area contributed by atoms with Gasteiger partial charge in [-0.05, 0) is 38.5 Å². The van der Waals surface area contributed by atoms with Crippen molar-refractivity contribution in [1.82, 2.24) is 0 Å². The van der Waals surface area contributed by atoms with Gasteiger partial charge in [-0.3, -0.25) is 9.59 Å². The van der Waals surface area contributed by atoms with E-state index >= 15 is 0 Å². The maximum absolute atomic E-state index is 12.1. The molecule has 0 aromatic rings. The summed E-state index contributed by atoms with van der Waals surface area (Å²) in [4.78, 5) is 24.2. The summed E-state index contributed by atoms with van der Waals surface area (Å²) in [6.07, 6.45) is 35.8. The van der Waals surface area contributed by atoms with Gasteiger partial charge in [0, 0.05) is 12.8 Å². The maximum Gasteiger partial charge on any atom is 0.306 e. The molecule has 1 aliphatic rings. The van der Waals surface area contributed by atoms with Gasteiger partial charge in [0.1, 0.15) is 6.61 Å². The number of rotatable bonds is 33. The van der Waals surface area contributed by atoms with E-state index in [4.69, 9.17) is 14.2 Å². The highest BCUT2D eigenvalue weighted by atomic mass is 16.6. The standard InChI is InChI=1S/C38H70O6/c1-3-5-7-8-9-10-11-12-13-14-15-19-22-26-30-37(40)42-33-34(32-39)43-38(41)31-27-23-20-17-16-18-21-25-29-36-35(44-36)28-24-6-4-2/h21,25,34-36,39H,3-20,22-24,26-33H2,1-2H3/b25-21-/t34-,35?,36?/m0/s1. The number of aliphatic hydroxyl groups excluding tert-OH is 1. The van der Waals surface area contributed by atoms with Crippen LogP contribution in [-0.2, 0) is 23.8 Å². The topological polar surface area (TPSA) is 85.4 Å². The Hall–Kier alpha value is -1.40. The second-order valence-corrected chi connectivity index (χ2v) is 13.0. The van der Waals surface area contributed by atoms with Gasteiger partial charge in [-0.25, -0.2) is 0 Å². The molecule has 6 nitrogen and oxygen atoms in total. The van der Waals surface area contributed by atoms with E-state index in [-0.39, 0.29) is 25.2 Å². The molecule has 1 N–H and O–H groups in total. The minimum absolute atomic E-state index is 0.0699. The first kappa shape index (κ1) is 40.6. The summed E-state index contributed by atoms with van der Waals surface area (Å²) in [5, 5.41) is 9.54. The van der Waals surface area contributed by atoms with Crippen molar-refractivity contribution >= 4 is 11.9 Å². The number of aliphatic hydroxyl groups is 1. The van der Waals surface area contributed by atoms with Gasteiger partial charge in [0.15, 0.2) is 6.10 Å². The summed E-state index contributed by atoms with van der Waals surface area (Å²) in [5.41, 5.74) is 0. The number of unbranched alkanes of at least 4 members (excludes halogenated alkanes) is 20. The van der Waals surface area contributed by atoms with Crippen LogP contribution in [0.15, 0.2) is 12.2 Å². The summed E-state index contributed by atoms with van der Waals surface area (Å²) in [6, 6.07) is 0. The first-order valence-corrected chi connectivity index (χ1v) is 18.9. The predicted molar refractivity (Wildman–Crippen MR) is 182 cm³/mol. The van der Waals surface area contributed by atoms with Gasteiger partial charge in [0.2, 0.25) is 0 Å². The Morgan fingerprint density at radius 1 is 0.636 bits per heavy atom. The predicted octanol–water partition coefficient (Wildman–Crippen LogP) is 10.3. The van der Waals surface area contributed by atoms with Crippen molar-refractivity contribution in [1.29, 1.82) is 0 Å². The number of esters is 2. The third-order valence-corrected chi connectivity index (χ3v) is 8.73. The molecule has 3 atom stereocenters. The summed E-state index contributed by atoms with van der Waals surface area (Å²) >= 11 is 0. The lowest BCUT2D eigenvalue weighted by molar-refractivity contribution is -0.161. The van der Waals surface area contributed by atoms with Crippen LogP contribution >= 0.6 is 0 Å². The summed E-state index contributed by atoms with van der Waals surface area (Å²) in [7, 11) is 0. The molecule has 6 heteroatoms. The van der Waals surface area contributed by atoms with Crippen LogP contribution in [0, 0.1) is 0 Å². The molecule has 0 saturated carbocycles. The second-order valence-electron chi connectivity index (χ2n) is 13.0. The van der Waals surface area contributed by atoms with Crippen molar-refractivity contribution in [3.05, 3.63) is 12.2 Å². The molecule has 0 radical (unpaired) electrons. The van der Waals surface area contributed by atoms with Crippen molar-refractivity contribution in [3.63, 3.8) is 0 Å². The van der Waals surface area contributed by atoms with E-state index in [0.717, 1.165) is 57.8 Å². The van der Waals surface area contributed by atoms with Gasteiger partial charge in [0.05, 0.1) is 18.8 Å². The number of carbonyl (C=O) groups is 2. The zero-order valence-electron chi connectivity index (χ0n) is 28.9. The molecule has 0 bridgehead atoms. The van der Waals surface area contributed by atoms with Gasteiger partial charge < -0.3 is 19.3 Å². The van der Waals surface area contributed by atoms with E-state index in [2.05, 4.69) is 26.0 Å². The average Bonchev–Trinajstić information content (AvgIpc) is 3.78. The lowest BCUT2D eigenvalue weighted by Crippen LogP contribution is -2.28. The number of hydrogen-bond acceptors (Lipinski definition) is 6. The van der Waals surface area contributed by atoms with Crippen LogP contribution in [0.2, 0.25) is 0 Å². The lowest BCUT2D eigenvalue weighted by Gasteiger charge is -2.15. The summed E-state index contributed by atoms with van der Waals surface area (Å²) in [5.74, 6) is -0.606. The van der Waals surface area contributed by atoms with Gasteiger partial charge in [-0.1, -0.05) is 148 Å². The molecule has 0 amide bonds. The van der Waals surface area contributed by atoms with Crippen LogP contribution in [-0.4, -0.2) is 48.6 Å². The molecule has 258 valence electrons. The molecule has 44 heavy (non-hydrogen) atoms. The molecular formula is C38H70O6. The van der Waals surface area contributed by atoms with Gasteiger partial charge in [-0.15, -0.1) is 0 Å². The minimum atomic E-state index is -0.776. The molecule has 0 spiro atoms. The molecule has 1 saturated heterocycles. The summed E-state index contributed by atoms with van der Waals surface area (Å²) in [6.45, 7) is 4.09. The smallest absolute Gasteiger partial charge is 0.306 e. The van der Waals surface area contributed by atoms with E-state index in [1.807, 2.05) is 0 Å². The molecule has 0 aliphatic carbocycles. The second kappa shape index (κ2) is 30.3. The zero-order valence-corrected chi connectivity index (χ0v) is 28.9. The van der Waals surface area contributed by atoms with Gasteiger partial charge in [-0.2, -0.15) is 0 Å². The molecule has 0 aromatic heterocycles. The van der Waals surface area contributed by atoms with Crippen molar-refractivity contribution in [2.45, 2.75) is 206 Å². The Balaban J connectivity index is 1.88. The zero-order chi connectivity index (χ0) is 31.9. The van der Waals surface area contributed by atoms with Crippen LogP contribution in [0.1, 0.15) is 187 Å². The molecule has 1 aliphatic heterocycles. The molecule has 1 fully saturated rings. The first-order chi connectivity index (χ1) is 21.6. The Labute approximate surface area is 271 Å². The van der Waals surface area contributed by atoms with E-state index < -0.39 is 6.10 Å². The van der Waals surface area contributed by atoms with Crippen LogP contribution in [0.3, 0.4) is 0 Å². The SMILES string of the molecule is CCCCCCCCCCCCCCCCC(=O)OC[C@H](CO)OC(=O)CCCCCCC/C=C\CC1OC1CCCCC. The monoisotopic (exact) mass is 623 g/mol. The normalized spacial score (nSPS) is 16.8. The van der Waals surface area contributed by atoms with Crippen molar-refractivity contribution in [3.8, 4) is 0 Å². The lowest BCUT2D eigenvalue weighted by atomic mass is 10.0. The van der Waals surface area contributed by atoms with Gasteiger partial charge >= 0.3 is 11.9 Å². The van der Waals surface area contributed by atoms with E-state index in [1.165, 1.54) is 103 Å². The van der Waals surface area contributed by atoms with E-state index in [9.17, 15) is 14.7 Å². The molecule has 2 unspecified atom stereocenters. The van der Waals surface area contributed by atoms with Gasteiger partial charge in [0.25, 0.3) is 0 Å². The Bertz CT molecular complexity index is 693. The van der Waals surface area contributed by atoms with Crippen molar-refractivity contribution in [2.24, 2.45) is 0 Å². The van der Waals surface area contributed by atoms with Crippen LogP contribution < -0.4 is 0 Å². The molecule has 1 rings (SSSR count). The fourth-order valence-corrected chi connectivity index (χ4v) is 5.74. The number of carbonyl (C=O) groups excluding carboxylic acids is 2. The maximum atomic E-state index is 12.1. The highest BCUT2D eigenvalue weighted by Gasteiger charge is 2.36. The first-order valence-electron chi connectivity index (χ1n) is 18.9. The quantitative estimate of drug-likeness (QED) is 0.0339. The Morgan fingerprint density at radius 3 is 1.70 bits per heavy atom. The highest BCUT2D eigenvalue weighted by molar-refractivity contribution is 5.70. The van der Waals surface area contributed by atoms with Crippen LogP contribution in [0.25, 0.3) is 0 Å². The number of hydrogen-bond donors (Lipinski definition) is 1. The third-order valence-electron chi connectivity index (χ3n) is 8.73. The van der Waals surface area contributed by atoms with Crippen LogP contribution in [0.5, 0.6) is 0 Å². The highest BCUT2D eigenvalue weighted by Crippen LogP contribution is 2.30. The third kappa shape index (κ3) is 25.9. The number of ether oxygens (including phenoxy) is 3. The van der Waals surface area contributed by atoms with Crippen LogP contribution in [0.4, 0.5) is 0 Å². The Morgan fingerprint density at radius 2 is 1.14 bits per heavy atom. The minimum Gasteiger partial charge on any atom is -0.462 e. The van der Waals surface area contributed by atoms with Crippen molar-refractivity contribution < 1.29 is 28.9 Å². The fourth-order valence-electron chi connectivity index (χ4n) is 5.74. The molecule has 1 heterocycles. The largest absolute Gasteiger partial charge is 0.462 e. The molecular weight excluding hydrogens is 552 g/mol.